The lowest BCUT2D eigenvalue weighted by Crippen LogP contribution is -2.10. The minimum atomic E-state index is 0.174. The van der Waals surface area contributed by atoms with E-state index in [1.54, 1.807) is 6.33 Å². The van der Waals surface area contributed by atoms with E-state index in [0.29, 0.717) is 0 Å². The topological polar surface area (TPSA) is 37.8 Å². The molecule has 4 rings (SSSR count). The van der Waals surface area contributed by atoms with Crippen LogP contribution < -0.4 is 5.32 Å². The van der Waals surface area contributed by atoms with Gasteiger partial charge in [-0.3, -0.25) is 0 Å². The van der Waals surface area contributed by atoms with Crippen molar-refractivity contribution in [1.29, 1.82) is 0 Å². The van der Waals surface area contributed by atoms with E-state index in [-0.39, 0.29) is 5.41 Å². The largest absolute Gasteiger partial charge is 0.340 e. The van der Waals surface area contributed by atoms with E-state index in [1.807, 2.05) is 11.3 Å². The molecule has 0 bridgehead atoms. The van der Waals surface area contributed by atoms with Crippen LogP contribution in [0.3, 0.4) is 0 Å². The first kappa shape index (κ1) is 15.6. The quantitative estimate of drug-likeness (QED) is 0.660. The molecule has 3 aromatic rings. The van der Waals surface area contributed by atoms with Crippen LogP contribution in [0.2, 0.25) is 0 Å². The highest BCUT2D eigenvalue weighted by Gasteiger charge is 2.20. The number of anilines is 2. The minimum absolute atomic E-state index is 0.174. The van der Waals surface area contributed by atoms with E-state index in [9.17, 15) is 0 Å². The molecule has 0 radical (unpaired) electrons. The highest BCUT2D eigenvalue weighted by Crippen LogP contribution is 2.38. The molecule has 3 nitrogen and oxygen atoms in total. The summed E-state index contributed by atoms with van der Waals surface area (Å²) in [5.41, 5.74) is 4.07. The van der Waals surface area contributed by atoms with Crippen molar-refractivity contribution in [2.75, 3.05) is 5.32 Å². The predicted octanol–water partition coefficient (Wildman–Crippen LogP) is 5.61. The van der Waals surface area contributed by atoms with Gasteiger partial charge in [-0.25, -0.2) is 9.97 Å². The first-order valence-corrected chi connectivity index (χ1v) is 9.47. The normalized spacial score (nSPS) is 14.6. The average Bonchev–Trinajstić information content (AvgIpc) is 2.94. The summed E-state index contributed by atoms with van der Waals surface area (Å²) in [5, 5.41) is 4.75. The molecule has 24 heavy (non-hydrogen) atoms. The zero-order valence-corrected chi connectivity index (χ0v) is 15.3. The van der Waals surface area contributed by atoms with E-state index in [4.69, 9.17) is 0 Å². The summed E-state index contributed by atoms with van der Waals surface area (Å²) in [4.78, 5) is 11.7. The molecule has 0 unspecified atom stereocenters. The van der Waals surface area contributed by atoms with Crippen LogP contribution in [0.1, 0.15) is 49.6 Å². The molecule has 2 heterocycles. The average molecular weight is 337 g/mol. The summed E-state index contributed by atoms with van der Waals surface area (Å²) < 4.78 is 0. The van der Waals surface area contributed by atoms with Crippen LogP contribution in [0.25, 0.3) is 10.2 Å². The Balaban J connectivity index is 1.71. The number of rotatable bonds is 2. The molecule has 0 amide bonds. The number of aromatic nitrogens is 2. The zero-order chi connectivity index (χ0) is 16.7. The number of nitrogens with one attached hydrogen (secondary N) is 1. The number of aryl methyl sites for hydroxylation is 2. The van der Waals surface area contributed by atoms with E-state index >= 15 is 0 Å². The monoisotopic (exact) mass is 337 g/mol. The summed E-state index contributed by atoms with van der Waals surface area (Å²) in [6, 6.07) is 8.69. The predicted molar refractivity (Wildman–Crippen MR) is 102 cm³/mol. The number of thiophene rings is 1. The van der Waals surface area contributed by atoms with Crippen molar-refractivity contribution in [3.63, 3.8) is 0 Å². The summed E-state index contributed by atoms with van der Waals surface area (Å²) in [5.74, 6) is 0.947. The molecule has 0 saturated heterocycles. The first-order valence-electron chi connectivity index (χ1n) is 8.65. The molecule has 0 spiro atoms. The van der Waals surface area contributed by atoms with Crippen molar-refractivity contribution in [2.45, 2.75) is 51.9 Å². The van der Waals surface area contributed by atoms with Gasteiger partial charge in [-0.05, 0) is 54.4 Å². The lowest BCUT2D eigenvalue weighted by atomic mass is 9.87. The number of hydrogen-bond acceptors (Lipinski definition) is 4. The van der Waals surface area contributed by atoms with Gasteiger partial charge in [0.1, 0.15) is 17.0 Å². The highest BCUT2D eigenvalue weighted by atomic mass is 32.1. The number of hydrogen-bond donors (Lipinski definition) is 1. The molecule has 4 heteroatoms. The molecule has 1 N–H and O–H groups in total. The second-order valence-electron chi connectivity index (χ2n) is 7.57. The van der Waals surface area contributed by atoms with Gasteiger partial charge in [0.25, 0.3) is 0 Å². The van der Waals surface area contributed by atoms with Gasteiger partial charge in [0.15, 0.2) is 0 Å². The maximum absolute atomic E-state index is 4.54. The van der Waals surface area contributed by atoms with E-state index in [0.717, 1.165) is 22.8 Å². The maximum atomic E-state index is 4.54. The SMILES string of the molecule is CC(C)(C)c1ccc(Nc2ncnc3sc4c(c23)CCCC4)cc1. The minimum Gasteiger partial charge on any atom is -0.340 e. The Kier molecular flexibility index (Phi) is 3.80. The van der Waals surface area contributed by atoms with Gasteiger partial charge < -0.3 is 5.32 Å². The third kappa shape index (κ3) is 2.80. The molecule has 1 aliphatic carbocycles. The molecule has 1 aromatic carbocycles. The van der Waals surface area contributed by atoms with Crippen LogP contribution in [-0.2, 0) is 18.3 Å². The number of fused-ring (bicyclic) bond motifs is 3. The van der Waals surface area contributed by atoms with Gasteiger partial charge in [-0.2, -0.15) is 0 Å². The van der Waals surface area contributed by atoms with E-state index in [2.05, 4.69) is 60.3 Å². The lowest BCUT2D eigenvalue weighted by Gasteiger charge is -2.19. The lowest BCUT2D eigenvalue weighted by molar-refractivity contribution is 0.590. The molecule has 2 aromatic heterocycles. The Hall–Kier alpha value is -1.94. The highest BCUT2D eigenvalue weighted by molar-refractivity contribution is 7.19. The summed E-state index contributed by atoms with van der Waals surface area (Å²) in [6.45, 7) is 6.71. The van der Waals surface area contributed by atoms with Gasteiger partial charge in [0.2, 0.25) is 0 Å². The fourth-order valence-electron chi connectivity index (χ4n) is 3.38. The molecular formula is C20H23N3S. The summed E-state index contributed by atoms with van der Waals surface area (Å²) in [6.07, 6.45) is 6.59. The molecular weight excluding hydrogens is 314 g/mol. The summed E-state index contributed by atoms with van der Waals surface area (Å²) >= 11 is 1.84. The Morgan fingerprint density at radius 1 is 1.00 bits per heavy atom. The molecule has 0 atom stereocenters. The van der Waals surface area contributed by atoms with Crippen molar-refractivity contribution in [1.82, 2.24) is 9.97 Å². The molecule has 124 valence electrons. The van der Waals surface area contributed by atoms with Crippen molar-refractivity contribution in [3.05, 3.63) is 46.6 Å². The van der Waals surface area contributed by atoms with Gasteiger partial charge in [0.05, 0.1) is 5.39 Å². The first-order chi connectivity index (χ1) is 11.5. The second-order valence-corrected chi connectivity index (χ2v) is 8.65. The van der Waals surface area contributed by atoms with E-state index in [1.165, 1.54) is 40.7 Å². The van der Waals surface area contributed by atoms with Gasteiger partial charge in [-0.1, -0.05) is 32.9 Å². The smallest absolute Gasteiger partial charge is 0.142 e. The van der Waals surface area contributed by atoms with Crippen molar-refractivity contribution < 1.29 is 0 Å². The maximum Gasteiger partial charge on any atom is 0.142 e. The zero-order valence-electron chi connectivity index (χ0n) is 14.5. The molecule has 0 aliphatic heterocycles. The van der Waals surface area contributed by atoms with Crippen LogP contribution >= 0.6 is 11.3 Å². The van der Waals surface area contributed by atoms with Crippen LogP contribution in [0.5, 0.6) is 0 Å². The van der Waals surface area contributed by atoms with Crippen molar-refractivity contribution in [2.24, 2.45) is 0 Å². The Labute approximate surface area is 147 Å². The van der Waals surface area contributed by atoms with E-state index < -0.39 is 0 Å². The van der Waals surface area contributed by atoms with Gasteiger partial charge >= 0.3 is 0 Å². The van der Waals surface area contributed by atoms with Crippen LogP contribution in [0.15, 0.2) is 30.6 Å². The molecule has 0 fully saturated rings. The van der Waals surface area contributed by atoms with Crippen molar-refractivity contribution in [3.8, 4) is 0 Å². The Bertz CT molecular complexity index is 872. The van der Waals surface area contributed by atoms with Crippen molar-refractivity contribution >= 4 is 33.1 Å². The Morgan fingerprint density at radius 2 is 1.75 bits per heavy atom. The number of nitrogens with zero attached hydrogens (tertiary/aromatic N) is 2. The standard InChI is InChI=1S/C20H23N3S/c1-20(2,3)13-8-10-14(11-9-13)23-18-17-15-6-4-5-7-16(15)24-19(17)22-12-21-18/h8-12H,4-7H2,1-3H3,(H,21,22,23). The Morgan fingerprint density at radius 3 is 2.50 bits per heavy atom. The van der Waals surface area contributed by atoms with Crippen LogP contribution in [-0.4, -0.2) is 9.97 Å². The third-order valence-electron chi connectivity index (χ3n) is 4.77. The fourth-order valence-corrected chi connectivity index (χ4v) is 4.60. The van der Waals surface area contributed by atoms with Crippen LogP contribution in [0, 0.1) is 0 Å². The van der Waals surface area contributed by atoms with Gasteiger partial charge in [-0.15, -0.1) is 11.3 Å². The second kappa shape index (κ2) is 5.85. The molecule has 0 saturated carbocycles. The van der Waals surface area contributed by atoms with Crippen LogP contribution in [0.4, 0.5) is 11.5 Å². The third-order valence-corrected chi connectivity index (χ3v) is 5.96. The summed E-state index contributed by atoms with van der Waals surface area (Å²) in [7, 11) is 0. The molecule has 1 aliphatic rings. The fraction of sp³-hybridized carbons (Fsp3) is 0.400. The van der Waals surface area contributed by atoms with Gasteiger partial charge in [0, 0.05) is 10.6 Å². The number of benzene rings is 1.